The summed E-state index contributed by atoms with van der Waals surface area (Å²) < 4.78 is 25.5. The Kier molecular flexibility index (Phi) is 6.27. The van der Waals surface area contributed by atoms with Crippen molar-refractivity contribution in [2.75, 3.05) is 20.8 Å². The van der Waals surface area contributed by atoms with Gasteiger partial charge in [0, 0.05) is 17.5 Å². The number of carbonyl (C=O) groups is 1. The van der Waals surface area contributed by atoms with Crippen molar-refractivity contribution < 1.29 is 23.7 Å². The van der Waals surface area contributed by atoms with E-state index < -0.39 is 11.4 Å². The molecule has 0 aliphatic carbocycles. The number of ether oxygens (including phenoxy) is 4. The highest BCUT2D eigenvalue weighted by Gasteiger charge is 2.58. The van der Waals surface area contributed by atoms with Crippen LogP contribution in [0.4, 0.5) is 0 Å². The molecule has 1 aromatic heterocycles. The molecule has 2 atom stereocenters. The molecule has 0 amide bonds. The first-order valence-electron chi connectivity index (χ1n) is 13.9. The molecule has 4 aromatic carbocycles. The summed E-state index contributed by atoms with van der Waals surface area (Å²) in [5, 5.41) is 0.378. The minimum absolute atomic E-state index is 0.0385. The molecule has 2 unspecified atom stereocenters. The molecule has 8 heteroatoms. The maximum atomic E-state index is 14.4. The zero-order valence-electron chi connectivity index (χ0n) is 23.7. The van der Waals surface area contributed by atoms with Gasteiger partial charge in [0.2, 0.25) is 0 Å². The fourth-order valence-corrected chi connectivity index (χ4v) is 6.01. The number of ketones is 1. The standard InChI is InChI=1S/C35H28N2O6/c1-4-34(24-14-18-26(41-3)19-15-24)21-42-35(43-34)27-9-5-6-11-29(27)37-32(39)31-23(8-7-10-28(31)36-33(35)37)20-30(38)22-12-16-25(40-2)17-13-22/h4-19H,1,20-21H2,2-3H3. The fourth-order valence-electron chi connectivity index (χ4n) is 6.01. The number of para-hydroxylation sites is 1. The van der Waals surface area contributed by atoms with Crippen molar-refractivity contribution in [3.05, 3.63) is 142 Å². The number of Topliss-reactive ketones (excluding diaryl/α,β-unsaturated/α-hetero) is 1. The van der Waals surface area contributed by atoms with Crippen molar-refractivity contribution in [3.8, 4) is 17.2 Å². The van der Waals surface area contributed by atoms with E-state index in [0.717, 1.165) is 5.56 Å². The van der Waals surface area contributed by atoms with E-state index in [-0.39, 0.29) is 24.4 Å². The van der Waals surface area contributed by atoms with E-state index in [2.05, 4.69) is 6.58 Å². The molecule has 214 valence electrons. The third-order valence-corrected chi connectivity index (χ3v) is 8.26. The van der Waals surface area contributed by atoms with Gasteiger partial charge in [0.1, 0.15) is 17.1 Å². The van der Waals surface area contributed by atoms with Crippen molar-refractivity contribution in [1.82, 2.24) is 9.55 Å². The first kappa shape index (κ1) is 26.8. The Morgan fingerprint density at radius 3 is 2.35 bits per heavy atom. The number of fused-ring (bicyclic) bond motifs is 6. The Morgan fingerprint density at radius 1 is 0.953 bits per heavy atom. The molecule has 43 heavy (non-hydrogen) atoms. The fraction of sp³-hybridized carbons (Fsp3) is 0.171. The molecule has 8 nitrogen and oxygen atoms in total. The normalized spacial score (nSPS) is 20.1. The van der Waals surface area contributed by atoms with Gasteiger partial charge in [-0.25, -0.2) is 4.98 Å². The van der Waals surface area contributed by atoms with Gasteiger partial charge >= 0.3 is 0 Å². The predicted molar refractivity (Wildman–Crippen MR) is 161 cm³/mol. The summed E-state index contributed by atoms with van der Waals surface area (Å²) in [6.45, 7) is 4.23. The number of carbonyl (C=O) groups excluding carboxylic acids is 1. The lowest BCUT2D eigenvalue weighted by Crippen LogP contribution is -2.34. The van der Waals surface area contributed by atoms with Gasteiger partial charge in [0.15, 0.2) is 11.6 Å². The molecule has 1 spiro atoms. The predicted octanol–water partition coefficient (Wildman–Crippen LogP) is 5.47. The van der Waals surface area contributed by atoms with Crippen molar-refractivity contribution in [1.29, 1.82) is 0 Å². The quantitative estimate of drug-likeness (QED) is 0.189. The van der Waals surface area contributed by atoms with Crippen LogP contribution in [-0.4, -0.2) is 36.2 Å². The van der Waals surface area contributed by atoms with E-state index in [4.69, 9.17) is 23.9 Å². The monoisotopic (exact) mass is 572 g/mol. The van der Waals surface area contributed by atoms with Crippen molar-refractivity contribution in [2.45, 2.75) is 17.8 Å². The van der Waals surface area contributed by atoms with Crippen LogP contribution in [0, 0.1) is 0 Å². The highest BCUT2D eigenvalue weighted by molar-refractivity contribution is 5.99. The van der Waals surface area contributed by atoms with Crippen molar-refractivity contribution in [2.24, 2.45) is 0 Å². The zero-order chi connectivity index (χ0) is 29.8. The van der Waals surface area contributed by atoms with Gasteiger partial charge in [-0.3, -0.25) is 14.2 Å². The Hall–Kier alpha value is -5.05. The summed E-state index contributed by atoms with van der Waals surface area (Å²) in [4.78, 5) is 32.6. The number of hydrogen-bond donors (Lipinski definition) is 0. The summed E-state index contributed by atoms with van der Waals surface area (Å²) >= 11 is 0. The summed E-state index contributed by atoms with van der Waals surface area (Å²) in [5.41, 5.74) is 2.39. The van der Waals surface area contributed by atoms with E-state index in [0.29, 0.717) is 50.6 Å². The topological polar surface area (TPSA) is 88.9 Å². The number of rotatable bonds is 7. The average Bonchev–Trinajstić information content (AvgIpc) is 3.58. The Bertz CT molecular complexity index is 1960. The first-order valence-corrected chi connectivity index (χ1v) is 13.9. The maximum Gasteiger partial charge on any atom is 0.266 e. The molecule has 0 radical (unpaired) electrons. The Morgan fingerprint density at radius 2 is 1.65 bits per heavy atom. The van der Waals surface area contributed by atoms with Gasteiger partial charge in [-0.05, 0) is 59.7 Å². The molecule has 1 fully saturated rings. The van der Waals surface area contributed by atoms with Crippen LogP contribution in [0.2, 0.25) is 0 Å². The molecule has 0 bridgehead atoms. The van der Waals surface area contributed by atoms with E-state index in [1.54, 1.807) is 67.3 Å². The van der Waals surface area contributed by atoms with Crippen LogP contribution in [0.5, 0.6) is 11.5 Å². The lowest BCUT2D eigenvalue weighted by Gasteiger charge is -2.28. The average molecular weight is 573 g/mol. The van der Waals surface area contributed by atoms with Gasteiger partial charge in [0.25, 0.3) is 11.3 Å². The van der Waals surface area contributed by atoms with Crippen molar-refractivity contribution >= 4 is 16.7 Å². The number of benzene rings is 4. The van der Waals surface area contributed by atoms with Crippen LogP contribution < -0.4 is 15.0 Å². The SMILES string of the molecule is C=CC1(c2ccc(OC)cc2)COC2(O1)c1ccccc1-n1c2nc2cccc(CC(=O)c3ccc(OC)cc3)c2c1=O. The van der Waals surface area contributed by atoms with Crippen LogP contribution >= 0.6 is 0 Å². The summed E-state index contributed by atoms with van der Waals surface area (Å²) in [7, 11) is 3.19. The highest BCUT2D eigenvalue weighted by Crippen LogP contribution is 2.53. The zero-order valence-corrected chi connectivity index (χ0v) is 23.7. The molecule has 2 aliphatic rings. The van der Waals surface area contributed by atoms with E-state index in [9.17, 15) is 9.59 Å². The lowest BCUT2D eigenvalue weighted by atomic mass is 9.94. The third-order valence-electron chi connectivity index (χ3n) is 8.26. The van der Waals surface area contributed by atoms with Gasteiger partial charge in [0.05, 0.1) is 37.4 Å². The minimum atomic E-state index is -1.45. The maximum absolute atomic E-state index is 14.4. The molecule has 0 N–H and O–H groups in total. The summed E-state index contributed by atoms with van der Waals surface area (Å²) in [5.74, 6) is 0.134. The van der Waals surface area contributed by atoms with Gasteiger partial charge in [-0.15, -0.1) is 0 Å². The van der Waals surface area contributed by atoms with E-state index in [1.165, 1.54) is 0 Å². The molecule has 0 saturated carbocycles. The number of hydrogen-bond acceptors (Lipinski definition) is 7. The van der Waals surface area contributed by atoms with E-state index in [1.807, 2.05) is 48.5 Å². The molecular weight excluding hydrogens is 544 g/mol. The Balaban J connectivity index is 1.36. The number of aromatic nitrogens is 2. The van der Waals surface area contributed by atoms with Crippen LogP contribution in [0.3, 0.4) is 0 Å². The van der Waals surface area contributed by atoms with E-state index >= 15 is 0 Å². The van der Waals surface area contributed by atoms with Crippen LogP contribution in [0.25, 0.3) is 16.6 Å². The molecular formula is C35H28N2O6. The highest BCUT2D eigenvalue weighted by atomic mass is 16.8. The smallest absolute Gasteiger partial charge is 0.266 e. The van der Waals surface area contributed by atoms with Gasteiger partial charge in [-0.1, -0.05) is 55.1 Å². The second-order valence-electron chi connectivity index (χ2n) is 10.6. The number of methoxy groups -OCH3 is 2. The molecule has 7 rings (SSSR count). The first-order chi connectivity index (χ1) is 20.9. The van der Waals surface area contributed by atoms with Crippen LogP contribution in [-0.2, 0) is 27.3 Å². The minimum Gasteiger partial charge on any atom is -0.497 e. The molecule has 1 saturated heterocycles. The lowest BCUT2D eigenvalue weighted by molar-refractivity contribution is -0.159. The van der Waals surface area contributed by atoms with Crippen LogP contribution in [0.1, 0.15) is 32.9 Å². The third kappa shape index (κ3) is 4.02. The molecule has 5 aromatic rings. The van der Waals surface area contributed by atoms with Crippen molar-refractivity contribution in [3.63, 3.8) is 0 Å². The van der Waals surface area contributed by atoms with Gasteiger partial charge in [-0.2, -0.15) is 0 Å². The second kappa shape index (κ2) is 10.0. The summed E-state index contributed by atoms with van der Waals surface area (Å²) in [6.07, 6.45) is 1.76. The van der Waals surface area contributed by atoms with Gasteiger partial charge < -0.3 is 18.9 Å². The summed E-state index contributed by atoms with van der Waals surface area (Å²) in [6, 6.07) is 27.3. The molecule has 3 heterocycles. The largest absolute Gasteiger partial charge is 0.497 e. The second-order valence-corrected chi connectivity index (χ2v) is 10.6. The molecule has 2 aliphatic heterocycles. The number of nitrogens with zero attached hydrogens (tertiary/aromatic N) is 2. The van der Waals surface area contributed by atoms with Crippen LogP contribution in [0.15, 0.2) is 108 Å². The Labute approximate surface area is 247 Å².